The summed E-state index contributed by atoms with van der Waals surface area (Å²) in [5, 5.41) is 2.81. The number of amides is 2. The normalized spacial score (nSPS) is 13.8. The summed E-state index contributed by atoms with van der Waals surface area (Å²) >= 11 is 0. The predicted octanol–water partition coefficient (Wildman–Crippen LogP) is 5.86. The molecule has 0 unspecified atom stereocenters. The third-order valence-electron chi connectivity index (χ3n) is 6.09. The lowest BCUT2D eigenvalue weighted by Gasteiger charge is -2.19. The minimum Gasteiger partial charge on any atom is -0.497 e. The van der Waals surface area contributed by atoms with Gasteiger partial charge in [0.1, 0.15) is 23.0 Å². The molecule has 194 valence electrons. The molecule has 0 atom stereocenters. The molecular formula is C32H27N3O4. The van der Waals surface area contributed by atoms with Crippen molar-refractivity contribution >= 4 is 35.1 Å². The van der Waals surface area contributed by atoms with E-state index in [0.29, 0.717) is 28.7 Å². The largest absolute Gasteiger partial charge is 0.497 e. The van der Waals surface area contributed by atoms with E-state index in [0.717, 1.165) is 22.4 Å². The van der Waals surface area contributed by atoms with Gasteiger partial charge in [-0.05, 0) is 55.0 Å². The van der Waals surface area contributed by atoms with Crippen molar-refractivity contribution in [3.63, 3.8) is 0 Å². The molecular weight excluding hydrogens is 490 g/mol. The van der Waals surface area contributed by atoms with Crippen LogP contribution in [0.1, 0.15) is 16.7 Å². The van der Waals surface area contributed by atoms with Crippen LogP contribution in [-0.4, -0.2) is 31.4 Å². The Morgan fingerprint density at radius 2 is 1.64 bits per heavy atom. The number of hydrogen-bond donors (Lipinski definition) is 1. The molecule has 4 aromatic rings. The number of hydrogen-bond acceptors (Lipinski definition) is 5. The number of benzene rings is 4. The lowest BCUT2D eigenvalue weighted by Crippen LogP contribution is -2.32. The van der Waals surface area contributed by atoms with Crippen LogP contribution in [0.3, 0.4) is 0 Å². The third-order valence-corrected chi connectivity index (χ3v) is 6.09. The number of ether oxygens (including phenoxy) is 2. The molecule has 1 aliphatic rings. The SMILES string of the molecule is COc1cccc(N2C(=O)/C(=C/c3ccc(OCC(=O)Nc4ccc(C)cc4)cc3)N=C2c2ccccc2)c1. The van der Waals surface area contributed by atoms with Crippen LogP contribution in [0.2, 0.25) is 0 Å². The molecule has 0 aromatic heterocycles. The second kappa shape index (κ2) is 11.5. The van der Waals surface area contributed by atoms with E-state index < -0.39 is 0 Å². The van der Waals surface area contributed by atoms with Crippen LogP contribution >= 0.6 is 0 Å². The first-order valence-corrected chi connectivity index (χ1v) is 12.4. The number of carbonyl (C=O) groups is 2. The molecule has 39 heavy (non-hydrogen) atoms. The van der Waals surface area contributed by atoms with Gasteiger partial charge >= 0.3 is 0 Å². The van der Waals surface area contributed by atoms with Crippen LogP contribution in [0, 0.1) is 6.92 Å². The summed E-state index contributed by atoms with van der Waals surface area (Å²) in [6, 6.07) is 31.6. The fourth-order valence-electron chi connectivity index (χ4n) is 4.09. The Hall–Kier alpha value is -5.17. The van der Waals surface area contributed by atoms with E-state index in [1.165, 1.54) is 0 Å². The van der Waals surface area contributed by atoms with Gasteiger partial charge in [-0.3, -0.25) is 14.5 Å². The molecule has 7 heteroatoms. The van der Waals surface area contributed by atoms with Crippen LogP contribution in [0.25, 0.3) is 6.08 Å². The summed E-state index contributed by atoms with van der Waals surface area (Å²) in [5.74, 6) is 1.24. The molecule has 0 saturated heterocycles. The van der Waals surface area contributed by atoms with Gasteiger partial charge in [0, 0.05) is 17.3 Å². The van der Waals surface area contributed by atoms with Gasteiger partial charge in [0.15, 0.2) is 6.61 Å². The quantitative estimate of drug-likeness (QED) is 0.297. The maximum absolute atomic E-state index is 13.5. The monoisotopic (exact) mass is 517 g/mol. The Kier molecular flexibility index (Phi) is 7.50. The summed E-state index contributed by atoms with van der Waals surface area (Å²) in [7, 11) is 1.59. The number of carbonyl (C=O) groups excluding carboxylic acids is 2. The van der Waals surface area contributed by atoms with Crippen molar-refractivity contribution in [2.45, 2.75) is 6.92 Å². The second-order valence-electron chi connectivity index (χ2n) is 8.94. The number of nitrogens with zero attached hydrogens (tertiary/aromatic N) is 2. The molecule has 1 heterocycles. The predicted molar refractivity (Wildman–Crippen MR) is 153 cm³/mol. The second-order valence-corrected chi connectivity index (χ2v) is 8.94. The molecule has 0 spiro atoms. The average molecular weight is 518 g/mol. The number of anilines is 2. The average Bonchev–Trinajstić information content (AvgIpc) is 3.30. The van der Waals surface area contributed by atoms with E-state index in [2.05, 4.69) is 5.32 Å². The zero-order chi connectivity index (χ0) is 27.2. The Bertz CT molecular complexity index is 1540. The van der Waals surface area contributed by atoms with Gasteiger partial charge in [0.05, 0.1) is 12.8 Å². The number of nitrogens with one attached hydrogen (secondary N) is 1. The van der Waals surface area contributed by atoms with Crippen molar-refractivity contribution in [3.05, 3.63) is 126 Å². The first kappa shape index (κ1) is 25.5. The number of amidine groups is 1. The highest BCUT2D eigenvalue weighted by molar-refractivity contribution is 6.33. The summed E-state index contributed by atoms with van der Waals surface area (Å²) in [6.45, 7) is 1.87. The van der Waals surface area contributed by atoms with Gasteiger partial charge < -0.3 is 14.8 Å². The molecule has 7 nitrogen and oxygen atoms in total. The Morgan fingerprint density at radius 1 is 0.897 bits per heavy atom. The summed E-state index contributed by atoms with van der Waals surface area (Å²) < 4.78 is 11.0. The minimum atomic E-state index is -0.248. The molecule has 4 aromatic carbocycles. The molecule has 0 bridgehead atoms. The van der Waals surface area contributed by atoms with Crippen molar-refractivity contribution in [3.8, 4) is 11.5 Å². The van der Waals surface area contributed by atoms with E-state index >= 15 is 0 Å². The lowest BCUT2D eigenvalue weighted by atomic mass is 10.1. The maximum Gasteiger partial charge on any atom is 0.282 e. The molecule has 0 radical (unpaired) electrons. The molecule has 1 aliphatic heterocycles. The Morgan fingerprint density at radius 3 is 2.36 bits per heavy atom. The minimum absolute atomic E-state index is 0.118. The van der Waals surface area contributed by atoms with Gasteiger partial charge in [-0.15, -0.1) is 0 Å². The van der Waals surface area contributed by atoms with Crippen LogP contribution in [0.15, 0.2) is 114 Å². The fraction of sp³-hybridized carbons (Fsp3) is 0.0938. The van der Waals surface area contributed by atoms with Gasteiger partial charge in [-0.25, -0.2) is 4.99 Å². The molecule has 5 rings (SSSR count). The molecule has 0 aliphatic carbocycles. The van der Waals surface area contributed by atoms with Crippen LogP contribution in [0.5, 0.6) is 11.5 Å². The smallest absolute Gasteiger partial charge is 0.282 e. The first-order valence-electron chi connectivity index (χ1n) is 12.4. The van der Waals surface area contributed by atoms with Crippen LogP contribution in [-0.2, 0) is 9.59 Å². The van der Waals surface area contributed by atoms with E-state index in [4.69, 9.17) is 14.5 Å². The van der Waals surface area contributed by atoms with Crippen LogP contribution < -0.4 is 19.7 Å². The molecule has 1 N–H and O–H groups in total. The van der Waals surface area contributed by atoms with Crippen molar-refractivity contribution in [2.75, 3.05) is 23.9 Å². The van der Waals surface area contributed by atoms with Gasteiger partial charge in [-0.2, -0.15) is 0 Å². The van der Waals surface area contributed by atoms with E-state index in [9.17, 15) is 9.59 Å². The highest BCUT2D eigenvalue weighted by atomic mass is 16.5. The van der Waals surface area contributed by atoms with Crippen molar-refractivity contribution in [1.82, 2.24) is 0 Å². The highest BCUT2D eigenvalue weighted by Gasteiger charge is 2.32. The number of methoxy groups -OCH3 is 1. The standard InChI is InChI=1S/C32H27N3O4/c1-22-11-15-25(16-12-22)33-30(36)21-39-27-17-13-23(14-18-27)19-29-32(37)35(26-9-6-10-28(20-26)38-2)31(34-29)24-7-4-3-5-8-24/h3-20H,21H2,1-2H3,(H,33,36)/b29-19-. The van der Waals surface area contributed by atoms with E-state index in [-0.39, 0.29) is 18.4 Å². The topological polar surface area (TPSA) is 80.2 Å². The van der Waals surface area contributed by atoms with Gasteiger partial charge in [-0.1, -0.05) is 66.2 Å². The van der Waals surface area contributed by atoms with E-state index in [1.54, 1.807) is 36.3 Å². The highest BCUT2D eigenvalue weighted by Crippen LogP contribution is 2.30. The molecule has 0 fully saturated rings. The van der Waals surface area contributed by atoms with Crippen molar-refractivity contribution < 1.29 is 19.1 Å². The maximum atomic E-state index is 13.5. The Balaban J connectivity index is 1.32. The third kappa shape index (κ3) is 6.05. The zero-order valence-electron chi connectivity index (χ0n) is 21.6. The molecule has 2 amide bonds. The number of rotatable bonds is 8. The van der Waals surface area contributed by atoms with Gasteiger partial charge in [0.25, 0.3) is 11.8 Å². The summed E-state index contributed by atoms with van der Waals surface area (Å²) in [6.07, 6.45) is 1.74. The van der Waals surface area contributed by atoms with Gasteiger partial charge in [0.2, 0.25) is 0 Å². The summed E-state index contributed by atoms with van der Waals surface area (Å²) in [5.41, 5.74) is 4.41. The Labute approximate surface area is 227 Å². The van der Waals surface area contributed by atoms with Crippen molar-refractivity contribution in [2.24, 2.45) is 4.99 Å². The zero-order valence-corrected chi connectivity index (χ0v) is 21.6. The van der Waals surface area contributed by atoms with Crippen LogP contribution in [0.4, 0.5) is 11.4 Å². The first-order chi connectivity index (χ1) is 19.0. The number of aliphatic imine (C=N–C) groups is 1. The summed E-state index contributed by atoms with van der Waals surface area (Å²) in [4.78, 5) is 32.1. The lowest BCUT2D eigenvalue weighted by molar-refractivity contribution is -0.118. The fourth-order valence-corrected chi connectivity index (χ4v) is 4.09. The molecule has 0 saturated carbocycles. The number of aryl methyl sites for hydroxylation is 1. The van der Waals surface area contributed by atoms with Crippen molar-refractivity contribution in [1.29, 1.82) is 0 Å². The van der Waals surface area contributed by atoms with E-state index in [1.807, 2.05) is 91.9 Å².